The molecule has 0 fully saturated rings. The van der Waals surface area contributed by atoms with E-state index in [4.69, 9.17) is 5.73 Å². The van der Waals surface area contributed by atoms with Gasteiger partial charge in [-0.05, 0) is 54.2 Å². The van der Waals surface area contributed by atoms with E-state index in [1.54, 1.807) is 0 Å². The molecule has 0 unspecified atom stereocenters. The molecule has 0 radical (unpaired) electrons. The fraction of sp³-hybridized carbons (Fsp3) is 0.158. The van der Waals surface area contributed by atoms with Crippen molar-refractivity contribution in [2.75, 3.05) is 5.73 Å². The van der Waals surface area contributed by atoms with E-state index < -0.39 is 0 Å². The summed E-state index contributed by atoms with van der Waals surface area (Å²) in [5.74, 6) is 0. The van der Waals surface area contributed by atoms with Gasteiger partial charge < -0.3 is 5.73 Å². The third kappa shape index (κ3) is 1.96. The molecule has 0 aliphatic heterocycles. The van der Waals surface area contributed by atoms with Crippen LogP contribution >= 0.6 is 0 Å². The standard InChI is InChI=1S/C19H19N/c1-3-16(14-8-5-4-6-9-14)18-12-15-10-7-11-17(15)13(2)19(18)20/h3-10,12H,11,20H2,1-2H3/b16-3-. The van der Waals surface area contributed by atoms with Crippen LogP contribution in [0.15, 0.2) is 48.6 Å². The van der Waals surface area contributed by atoms with Crippen LogP contribution in [0, 0.1) is 6.92 Å². The predicted molar refractivity (Wildman–Crippen MR) is 87.5 cm³/mol. The highest BCUT2D eigenvalue weighted by molar-refractivity contribution is 5.88. The summed E-state index contributed by atoms with van der Waals surface area (Å²) in [6, 6.07) is 12.7. The van der Waals surface area contributed by atoms with E-state index >= 15 is 0 Å². The lowest BCUT2D eigenvalue weighted by atomic mass is 9.90. The highest BCUT2D eigenvalue weighted by Gasteiger charge is 2.16. The number of rotatable bonds is 2. The molecule has 2 aromatic carbocycles. The van der Waals surface area contributed by atoms with Crippen molar-refractivity contribution in [3.63, 3.8) is 0 Å². The molecule has 2 N–H and O–H groups in total. The van der Waals surface area contributed by atoms with Crippen LogP contribution in [0.4, 0.5) is 5.69 Å². The van der Waals surface area contributed by atoms with Crippen LogP contribution in [0.5, 0.6) is 0 Å². The molecule has 20 heavy (non-hydrogen) atoms. The van der Waals surface area contributed by atoms with Crippen LogP contribution in [0.3, 0.4) is 0 Å². The molecule has 0 bridgehead atoms. The van der Waals surface area contributed by atoms with Gasteiger partial charge in [-0.2, -0.15) is 0 Å². The second-order valence-corrected chi connectivity index (χ2v) is 5.21. The molecule has 0 heterocycles. The SMILES string of the molecule is C/C=C(/c1ccccc1)c1cc2c(c(C)c1N)CC=C2. The Morgan fingerprint density at radius 1 is 1.20 bits per heavy atom. The summed E-state index contributed by atoms with van der Waals surface area (Å²) in [6.45, 7) is 4.20. The molecule has 1 aliphatic carbocycles. The van der Waals surface area contributed by atoms with Crippen LogP contribution < -0.4 is 5.73 Å². The van der Waals surface area contributed by atoms with Gasteiger partial charge in [-0.15, -0.1) is 0 Å². The number of hydrogen-bond donors (Lipinski definition) is 1. The second-order valence-electron chi connectivity index (χ2n) is 5.21. The van der Waals surface area contributed by atoms with Gasteiger partial charge in [-0.25, -0.2) is 0 Å². The highest BCUT2D eigenvalue weighted by atomic mass is 14.6. The number of hydrogen-bond acceptors (Lipinski definition) is 1. The lowest BCUT2D eigenvalue weighted by Gasteiger charge is -2.16. The molecule has 0 amide bonds. The Hall–Kier alpha value is -2.28. The molecule has 0 aromatic heterocycles. The van der Waals surface area contributed by atoms with Crippen molar-refractivity contribution in [1.82, 2.24) is 0 Å². The minimum absolute atomic E-state index is 0.907. The van der Waals surface area contributed by atoms with Gasteiger partial charge in [0.05, 0.1) is 0 Å². The Morgan fingerprint density at radius 2 is 1.95 bits per heavy atom. The smallest absolute Gasteiger partial charge is 0.0426 e. The van der Waals surface area contributed by atoms with Gasteiger partial charge in [0.15, 0.2) is 0 Å². The van der Waals surface area contributed by atoms with Gasteiger partial charge >= 0.3 is 0 Å². The molecule has 0 atom stereocenters. The molecule has 1 aliphatic rings. The first kappa shape index (κ1) is 12.7. The van der Waals surface area contributed by atoms with Gasteiger partial charge in [0.2, 0.25) is 0 Å². The van der Waals surface area contributed by atoms with E-state index in [1.807, 2.05) is 6.07 Å². The van der Waals surface area contributed by atoms with Crippen molar-refractivity contribution >= 4 is 17.3 Å². The summed E-state index contributed by atoms with van der Waals surface area (Å²) in [5.41, 5.74) is 14.8. The predicted octanol–water partition coefficient (Wildman–Crippen LogP) is 4.60. The molecule has 0 saturated heterocycles. The van der Waals surface area contributed by atoms with Crippen LogP contribution in [0.1, 0.15) is 34.7 Å². The molecule has 1 heteroatoms. The average Bonchev–Trinajstić information content (AvgIpc) is 2.94. The zero-order valence-electron chi connectivity index (χ0n) is 12.0. The van der Waals surface area contributed by atoms with E-state index in [2.05, 4.69) is 62.4 Å². The zero-order chi connectivity index (χ0) is 14.1. The Labute approximate surface area is 120 Å². The fourth-order valence-corrected chi connectivity index (χ4v) is 2.94. The summed E-state index contributed by atoms with van der Waals surface area (Å²) in [7, 11) is 0. The number of allylic oxidation sites excluding steroid dienone is 2. The normalized spacial score (nSPS) is 13.6. The van der Waals surface area contributed by atoms with Crippen molar-refractivity contribution in [1.29, 1.82) is 0 Å². The minimum atomic E-state index is 0.907. The van der Waals surface area contributed by atoms with Crippen molar-refractivity contribution in [2.24, 2.45) is 0 Å². The first-order chi connectivity index (χ1) is 9.72. The monoisotopic (exact) mass is 261 g/mol. The first-order valence-corrected chi connectivity index (χ1v) is 7.03. The van der Waals surface area contributed by atoms with Crippen molar-refractivity contribution < 1.29 is 0 Å². The maximum absolute atomic E-state index is 6.40. The average molecular weight is 261 g/mol. The summed E-state index contributed by atoms with van der Waals surface area (Å²) in [4.78, 5) is 0. The van der Waals surface area contributed by atoms with E-state index in [0.29, 0.717) is 0 Å². The highest BCUT2D eigenvalue weighted by Crippen LogP contribution is 2.36. The number of fused-ring (bicyclic) bond motifs is 1. The topological polar surface area (TPSA) is 26.0 Å². The number of benzene rings is 2. The number of anilines is 1. The largest absolute Gasteiger partial charge is 0.398 e. The number of nitrogens with two attached hydrogens (primary N) is 1. The number of nitrogen functional groups attached to an aromatic ring is 1. The molecule has 0 saturated carbocycles. The Morgan fingerprint density at radius 3 is 2.65 bits per heavy atom. The molecule has 1 nitrogen and oxygen atoms in total. The summed E-state index contributed by atoms with van der Waals surface area (Å²) >= 11 is 0. The van der Waals surface area contributed by atoms with Crippen LogP contribution in [-0.2, 0) is 6.42 Å². The maximum Gasteiger partial charge on any atom is 0.0426 e. The van der Waals surface area contributed by atoms with E-state index in [-0.39, 0.29) is 0 Å². The summed E-state index contributed by atoms with van der Waals surface area (Å²) in [5, 5.41) is 0. The third-order valence-electron chi connectivity index (χ3n) is 4.08. The van der Waals surface area contributed by atoms with Crippen molar-refractivity contribution in [3.05, 3.63) is 76.4 Å². The lowest BCUT2D eigenvalue weighted by molar-refractivity contribution is 1.24. The van der Waals surface area contributed by atoms with Gasteiger partial charge in [0.1, 0.15) is 0 Å². The van der Waals surface area contributed by atoms with E-state index in [9.17, 15) is 0 Å². The lowest BCUT2D eigenvalue weighted by Crippen LogP contribution is -2.02. The fourth-order valence-electron chi connectivity index (χ4n) is 2.94. The van der Waals surface area contributed by atoms with E-state index in [0.717, 1.165) is 17.7 Å². The van der Waals surface area contributed by atoms with Crippen LogP contribution in [-0.4, -0.2) is 0 Å². The van der Waals surface area contributed by atoms with Gasteiger partial charge in [-0.1, -0.05) is 48.6 Å². The van der Waals surface area contributed by atoms with Crippen molar-refractivity contribution in [2.45, 2.75) is 20.3 Å². The summed E-state index contributed by atoms with van der Waals surface area (Å²) < 4.78 is 0. The molecule has 2 aromatic rings. The van der Waals surface area contributed by atoms with Gasteiger partial charge in [-0.3, -0.25) is 0 Å². The second kappa shape index (κ2) is 5.01. The maximum atomic E-state index is 6.40. The third-order valence-corrected chi connectivity index (χ3v) is 4.08. The van der Waals surface area contributed by atoms with Crippen LogP contribution in [0.2, 0.25) is 0 Å². The molecule has 0 spiro atoms. The molecular formula is C19H19N. The van der Waals surface area contributed by atoms with Gasteiger partial charge in [0, 0.05) is 11.3 Å². The summed E-state index contributed by atoms with van der Waals surface area (Å²) in [6.07, 6.45) is 7.55. The Bertz CT molecular complexity index is 706. The minimum Gasteiger partial charge on any atom is -0.398 e. The van der Waals surface area contributed by atoms with Gasteiger partial charge in [0.25, 0.3) is 0 Å². The zero-order valence-corrected chi connectivity index (χ0v) is 12.0. The quantitative estimate of drug-likeness (QED) is 0.786. The Balaban J connectivity index is 2.19. The Kier molecular flexibility index (Phi) is 3.19. The molecule has 100 valence electrons. The van der Waals surface area contributed by atoms with Crippen molar-refractivity contribution in [3.8, 4) is 0 Å². The molecular weight excluding hydrogens is 242 g/mol. The molecule has 3 rings (SSSR count). The van der Waals surface area contributed by atoms with E-state index in [1.165, 1.54) is 27.8 Å². The first-order valence-electron chi connectivity index (χ1n) is 7.03. The van der Waals surface area contributed by atoms with Crippen LogP contribution in [0.25, 0.3) is 11.6 Å².